The SMILES string of the molecule is CC1CCC(C(CN)N2CCCC(C)(C)CC2)CC1. The maximum absolute atomic E-state index is 6.15. The van der Waals surface area contributed by atoms with E-state index in [4.69, 9.17) is 5.73 Å². The molecule has 1 heterocycles. The van der Waals surface area contributed by atoms with Crippen LogP contribution in [0.2, 0.25) is 0 Å². The van der Waals surface area contributed by atoms with Gasteiger partial charge in [0.25, 0.3) is 0 Å². The predicted octanol–water partition coefficient (Wildman–Crippen LogP) is 3.65. The van der Waals surface area contributed by atoms with Crippen molar-refractivity contribution in [2.75, 3.05) is 19.6 Å². The summed E-state index contributed by atoms with van der Waals surface area (Å²) in [6.45, 7) is 10.7. The normalized spacial score (nSPS) is 34.7. The minimum absolute atomic E-state index is 0.537. The number of nitrogens with two attached hydrogens (primary N) is 1. The van der Waals surface area contributed by atoms with Crippen LogP contribution in [0.25, 0.3) is 0 Å². The zero-order valence-electron chi connectivity index (χ0n) is 13.3. The Morgan fingerprint density at radius 2 is 1.79 bits per heavy atom. The lowest BCUT2D eigenvalue weighted by molar-refractivity contribution is 0.112. The average Bonchev–Trinajstić information content (AvgIpc) is 2.54. The lowest BCUT2D eigenvalue weighted by Gasteiger charge is -2.39. The number of hydrogen-bond donors (Lipinski definition) is 1. The highest BCUT2D eigenvalue weighted by atomic mass is 15.2. The summed E-state index contributed by atoms with van der Waals surface area (Å²) in [6, 6.07) is 0.654. The van der Waals surface area contributed by atoms with E-state index in [1.54, 1.807) is 0 Å². The molecule has 1 unspecified atom stereocenters. The molecule has 112 valence electrons. The Hall–Kier alpha value is -0.0800. The summed E-state index contributed by atoms with van der Waals surface area (Å²) in [5.74, 6) is 1.81. The van der Waals surface area contributed by atoms with Crippen LogP contribution in [0.5, 0.6) is 0 Å². The fraction of sp³-hybridized carbons (Fsp3) is 1.00. The first-order valence-electron chi connectivity index (χ1n) is 8.46. The molecule has 1 saturated heterocycles. The summed E-state index contributed by atoms with van der Waals surface area (Å²) in [4.78, 5) is 2.73. The summed E-state index contributed by atoms with van der Waals surface area (Å²) in [7, 11) is 0. The van der Waals surface area contributed by atoms with E-state index in [2.05, 4.69) is 25.7 Å². The topological polar surface area (TPSA) is 29.3 Å². The first kappa shape index (κ1) is 15.3. The van der Waals surface area contributed by atoms with Gasteiger partial charge in [-0.1, -0.05) is 33.6 Å². The molecule has 0 amide bonds. The number of likely N-dealkylation sites (tertiary alicyclic amines) is 1. The van der Waals surface area contributed by atoms with Gasteiger partial charge in [0.1, 0.15) is 0 Å². The van der Waals surface area contributed by atoms with Crippen molar-refractivity contribution in [2.24, 2.45) is 23.0 Å². The van der Waals surface area contributed by atoms with Gasteiger partial charge < -0.3 is 5.73 Å². The molecule has 1 atom stereocenters. The lowest BCUT2D eigenvalue weighted by atomic mass is 9.78. The Morgan fingerprint density at radius 3 is 2.42 bits per heavy atom. The Labute approximate surface area is 120 Å². The Kier molecular flexibility index (Phi) is 5.30. The second-order valence-corrected chi connectivity index (χ2v) is 7.88. The minimum Gasteiger partial charge on any atom is -0.329 e. The van der Waals surface area contributed by atoms with E-state index in [0.29, 0.717) is 11.5 Å². The van der Waals surface area contributed by atoms with E-state index in [0.717, 1.165) is 18.4 Å². The monoisotopic (exact) mass is 266 g/mol. The zero-order chi connectivity index (χ0) is 13.9. The van der Waals surface area contributed by atoms with Gasteiger partial charge in [-0.05, 0) is 62.4 Å². The molecule has 0 aromatic rings. The third-order valence-corrected chi connectivity index (χ3v) is 5.69. The second-order valence-electron chi connectivity index (χ2n) is 7.88. The van der Waals surface area contributed by atoms with Crippen molar-refractivity contribution in [1.29, 1.82) is 0 Å². The van der Waals surface area contributed by atoms with E-state index in [9.17, 15) is 0 Å². The van der Waals surface area contributed by atoms with Gasteiger partial charge in [0.05, 0.1) is 0 Å². The highest BCUT2D eigenvalue weighted by molar-refractivity contribution is 4.86. The number of hydrogen-bond acceptors (Lipinski definition) is 2. The van der Waals surface area contributed by atoms with Crippen LogP contribution in [-0.4, -0.2) is 30.6 Å². The van der Waals surface area contributed by atoms with Gasteiger partial charge in [-0.2, -0.15) is 0 Å². The quantitative estimate of drug-likeness (QED) is 0.845. The van der Waals surface area contributed by atoms with E-state index in [1.807, 2.05) is 0 Å². The number of nitrogens with zero attached hydrogens (tertiary/aromatic N) is 1. The van der Waals surface area contributed by atoms with E-state index >= 15 is 0 Å². The summed E-state index contributed by atoms with van der Waals surface area (Å²) < 4.78 is 0. The van der Waals surface area contributed by atoms with Crippen LogP contribution < -0.4 is 5.73 Å². The predicted molar refractivity (Wildman–Crippen MR) is 83.2 cm³/mol. The molecule has 0 aromatic heterocycles. The smallest absolute Gasteiger partial charge is 0.0246 e. The minimum atomic E-state index is 0.537. The largest absolute Gasteiger partial charge is 0.329 e. The molecule has 1 saturated carbocycles. The Morgan fingerprint density at radius 1 is 1.11 bits per heavy atom. The van der Waals surface area contributed by atoms with Crippen LogP contribution in [0.3, 0.4) is 0 Å². The molecule has 0 radical (unpaired) electrons. The van der Waals surface area contributed by atoms with Gasteiger partial charge in [0.15, 0.2) is 0 Å². The van der Waals surface area contributed by atoms with E-state index in [1.165, 1.54) is 58.0 Å². The molecule has 2 aliphatic rings. The molecule has 19 heavy (non-hydrogen) atoms. The van der Waals surface area contributed by atoms with E-state index in [-0.39, 0.29) is 0 Å². The Balaban J connectivity index is 1.93. The lowest BCUT2D eigenvalue weighted by Crippen LogP contribution is -2.47. The first-order valence-corrected chi connectivity index (χ1v) is 8.46. The summed E-state index contributed by atoms with van der Waals surface area (Å²) in [5, 5.41) is 0. The molecule has 2 N–H and O–H groups in total. The molecule has 2 fully saturated rings. The molecule has 1 aliphatic heterocycles. The second kappa shape index (κ2) is 6.58. The molecule has 0 spiro atoms. The molecule has 1 aliphatic carbocycles. The maximum atomic E-state index is 6.15. The van der Waals surface area contributed by atoms with Crippen LogP contribution in [0.4, 0.5) is 0 Å². The molecule has 0 aromatic carbocycles. The summed E-state index contributed by atoms with van der Waals surface area (Å²) in [5.41, 5.74) is 6.68. The molecule has 0 bridgehead atoms. The van der Waals surface area contributed by atoms with Crippen molar-refractivity contribution in [3.8, 4) is 0 Å². The summed E-state index contributed by atoms with van der Waals surface area (Å²) >= 11 is 0. The highest BCUT2D eigenvalue weighted by Gasteiger charge is 2.32. The van der Waals surface area contributed by atoms with Crippen molar-refractivity contribution >= 4 is 0 Å². The molecule has 2 nitrogen and oxygen atoms in total. The third-order valence-electron chi connectivity index (χ3n) is 5.69. The van der Waals surface area contributed by atoms with Gasteiger partial charge in [-0.25, -0.2) is 0 Å². The fourth-order valence-corrected chi connectivity index (χ4v) is 4.09. The van der Waals surface area contributed by atoms with Crippen molar-refractivity contribution < 1.29 is 0 Å². The fourth-order valence-electron chi connectivity index (χ4n) is 4.09. The van der Waals surface area contributed by atoms with Crippen LogP contribution in [-0.2, 0) is 0 Å². The van der Waals surface area contributed by atoms with Crippen molar-refractivity contribution in [3.63, 3.8) is 0 Å². The maximum Gasteiger partial charge on any atom is 0.0246 e. The van der Waals surface area contributed by atoms with Crippen LogP contribution in [0.1, 0.15) is 65.7 Å². The van der Waals surface area contributed by atoms with Gasteiger partial charge in [0, 0.05) is 12.6 Å². The van der Waals surface area contributed by atoms with Crippen molar-refractivity contribution in [1.82, 2.24) is 4.90 Å². The molecule has 2 rings (SSSR count). The standard InChI is InChI=1S/C17H34N2/c1-14-5-7-15(8-6-14)16(13-18)19-11-4-9-17(2,3)10-12-19/h14-16H,4-13,18H2,1-3H3. The Bertz CT molecular complexity index is 266. The third kappa shape index (κ3) is 4.19. The van der Waals surface area contributed by atoms with Gasteiger partial charge in [0.2, 0.25) is 0 Å². The van der Waals surface area contributed by atoms with Crippen LogP contribution in [0, 0.1) is 17.3 Å². The molecular weight excluding hydrogens is 232 g/mol. The van der Waals surface area contributed by atoms with Gasteiger partial charge in [-0.3, -0.25) is 4.90 Å². The average molecular weight is 266 g/mol. The van der Waals surface area contributed by atoms with Crippen molar-refractivity contribution in [2.45, 2.75) is 71.8 Å². The zero-order valence-corrected chi connectivity index (χ0v) is 13.3. The summed E-state index contributed by atoms with van der Waals surface area (Å²) in [6.07, 6.45) is 9.72. The van der Waals surface area contributed by atoms with Crippen molar-refractivity contribution in [3.05, 3.63) is 0 Å². The molecule has 2 heteroatoms. The van der Waals surface area contributed by atoms with Gasteiger partial charge in [-0.15, -0.1) is 0 Å². The van der Waals surface area contributed by atoms with E-state index < -0.39 is 0 Å². The van der Waals surface area contributed by atoms with Crippen LogP contribution >= 0.6 is 0 Å². The first-order chi connectivity index (χ1) is 9.02. The molecular formula is C17H34N2. The highest BCUT2D eigenvalue weighted by Crippen LogP contribution is 2.35. The van der Waals surface area contributed by atoms with Crippen LogP contribution in [0.15, 0.2) is 0 Å². The number of rotatable bonds is 3. The van der Waals surface area contributed by atoms with Gasteiger partial charge >= 0.3 is 0 Å².